The molecule has 1 saturated heterocycles. The molecule has 0 bridgehead atoms. The van der Waals surface area contributed by atoms with Crippen LogP contribution in [0.2, 0.25) is 5.21 Å². The summed E-state index contributed by atoms with van der Waals surface area (Å²) in [4.78, 5) is 37.3. The van der Waals surface area contributed by atoms with E-state index in [0.29, 0.717) is 0 Å². The van der Waals surface area contributed by atoms with Gasteiger partial charge in [-0.2, -0.15) is 0 Å². The summed E-state index contributed by atoms with van der Waals surface area (Å²) in [6.45, 7) is 0. The molecule has 1 aromatic rings. The van der Waals surface area contributed by atoms with Gasteiger partial charge in [0.1, 0.15) is 41.0 Å². The standard InChI is InChI=1S/C13H6B6FN3O5/c14-3-1-2(6(21)4(15)5(3)20)13(19,28)23(9(1)25)7-8(24)22-10(26)12(18,27)11(7,16)17/h7,27-28H,21H2,(H,22,24,26). The Bertz CT molecular complexity index is 969. The number of halogens is 1. The fourth-order valence-corrected chi connectivity index (χ4v) is 3.32. The Balaban J connectivity index is 2.29. The number of nitrogens with one attached hydrogen (secondary N) is 1. The first kappa shape index (κ1) is 20.6. The Morgan fingerprint density at radius 3 is 2.14 bits per heavy atom. The number of nitrogens with two attached hydrogens (primary N) is 1. The lowest BCUT2D eigenvalue weighted by molar-refractivity contribution is -0.153. The summed E-state index contributed by atoms with van der Waals surface area (Å²) in [5.41, 5.74) is -3.79. The number of carbonyl (C=O) groups is 3. The normalized spacial score (nSPS) is 31.6. The number of anilines is 1. The fraction of sp³-hybridized carbons (Fsp3) is 0.308. The van der Waals surface area contributed by atoms with Gasteiger partial charge in [0, 0.05) is 16.8 Å². The van der Waals surface area contributed by atoms with E-state index in [0.717, 1.165) is 0 Å². The maximum atomic E-state index is 14.2. The second-order valence-electron chi connectivity index (χ2n) is 6.63. The summed E-state index contributed by atoms with van der Waals surface area (Å²) in [6.07, 6.45) is 0. The van der Waals surface area contributed by atoms with Crippen LogP contribution in [0.5, 0.6) is 0 Å². The van der Waals surface area contributed by atoms with Crippen molar-refractivity contribution >= 4 is 81.4 Å². The lowest BCUT2D eigenvalue weighted by atomic mass is 9.36. The van der Waals surface area contributed by atoms with Gasteiger partial charge in [0.25, 0.3) is 5.91 Å². The first-order chi connectivity index (χ1) is 12.6. The Labute approximate surface area is 166 Å². The second kappa shape index (κ2) is 5.70. The Morgan fingerprint density at radius 2 is 1.61 bits per heavy atom. The predicted molar refractivity (Wildman–Crippen MR) is 99.3 cm³/mol. The highest BCUT2D eigenvalue weighted by molar-refractivity contribution is 6.52. The van der Waals surface area contributed by atoms with Crippen molar-refractivity contribution in [2.24, 2.45) is 0 Å². The first-order valence-corrected chi connectivity index (χ1v) is 7.55. The number of hydrogen-bond donors (Lipinski definition) is 4. The second-order valence-corrected chi connectivity index (χ2v) is 6.63. The highest BCUT2D eigenvalue weighted by atomic mass is 19.1. The molecule has 3 amide bonds. The van der Waals surface area contributed by atoms with Gasteiger partial charge in [0.15, 0.2) is 7.85 Å². The smallest absolute Gasteiger partial charge is 0.256 e. The molecule has 12 radical (unpaired) electrons. The number of nitrogens with zero attached hydrogens (tertiary/aromatic N) is 1. The highest BCUT2D eigenvalue weighted by Crippen LogP contribution is 2.47. The van der Waals surface area contributed by atoms with Crippen molar-refractivity contribution in [3.05, 3.63) is 16.9 Å². The number of piperidine rings is 1. The van der Waals surface area contributed by atoms with Crippen LogP contribution in [0, 0.1) is 5.82 Å². The molecule has 15 heteroatoms. The minimum atomic E-state index is -3.07. The number of imide groups is 1. The molecule has 0 saturated carbocycles. The summed E-state index contributed by atoms with van der Waals surface area (Å²) in [7, 11) is 33.7. The average Bonchev–Trinajstić information content (AvgIpc) is 2.77. The number of carbonyl (C=O) groups excluding carboxylic acids is 3. The number of hydrogen-bond acceptors (Lipinski definition) is 6. The number of benzene rings is 1. The zero-order valence-corrected chi connectivity index (χ0v) is 14.1. The van der Waals surface area contributed by atoms with Crippen LogP contribution in [0.1, 0.15) is 15.9 Å². The molecule has 2 aliphatic heterocycles. The minimum Gasteiger partial charge on any atom is -0.399 e. The number of rotatable bonds is 1. The van der Waals surface area contributed by atoms with Crippen LogP contribution in [0.25, 0.3) is 0 Å². The van der Waals surface area contributed by atoms with Gasteiger partial charge >= 0.3 is 0 Å². The van der Waals surface area contributed by atoms with Gasteiger partial charge in [0.05, 0.1) is 21.2 Å². The maximum absolute atomic E-state index is 14.2. The Kier molecular flexibility index (Phi) is 4.19. The average molecular weight is 368 g/mol. The number of amides is 3. The van der Waals surface area contributed by atoms with E-state index < -0.39 is 73.7 Å². The molecule has 1 aromatic carbocycles. The maximum Gasteiger partial charge on any atom is 0.256 e. The van der Waals surface area contributed by atoms with Crippen molar-refractivity contribution in [3.8, 4) is 0 Å². The van der Waals surface area contributed by atoms with Crippen molar-refractivity contribution in [1.29, 1.82) is 0 Å². The molecule has 128 valence electrons. The van der Waals surface area contributed by atoms with Gasteiger partial charge in [-0.1, -0.05) is 0 Å². The fourth-order valence-electron chi connectivity index (χ4n) is 3.32. The van der Waals surface area contributed by atoms with Crippen molar-refractivity contribution in [2.45, 2.75) is 22.4 Å². The van der Waals surface area contributed by atoms with Gasteiger partial charge in [-0.05, 0) is 16.1 Å². The van der Waals surface area contributed by atoms with E-state index in [1.807, 2.05) is 0 Å². The number of fused-ring (bicyclic) bond motifs is 1. The van der Waals surface area contributed by atoms with Crippen molar-refractivity contribution < 1.29 is 29.0 Å². The quantitative estimate of drug-likeness (QED) is 0.222. The third-order valence-electron chi connectivity index (χ3n) is 4.92. The number of nitrogen functional groups attached to an aromatic ring is 1. The molecule has 0 aromatic heterocycles. The van der Waals surface area contributed by atoms with Gasteiger partial charge in [-0.3, -0.25) is 19.7 Å². The van der Waals surface area contributed by atoms with Crippen molar-refractivity contribution in [3.63, 3.8) is 0 Å². The van der Waals surface area contributed by atoms with E-state index in [2.05, 4.69) is 0 Å². The molecular weight excluding hydrogens is 362 g/mol. The summed E-state index contributed by atoms with van der Waals surface area (Å²) < 4.78 is 14.2. The molecule has 0 spiro atoms. The Morgan fingerprint density at radius 1 is 1.07 bits per heavy atom. The summed E-state index contributed by atoms with van der Waals surface area (Å²) in [5, 5.41) is 19.8. The molecule has 1 fully saturated rings. The molecule has 28 heavy (non-hydrogen) atoms. The van der Waals surface area contributed by atoms with E-state index in [-0.39, 0.29) is 4.90 Å². The minimum absolute atomic E-state index is 0.183. The molecule has 0 aliphatic carbocycles. The lowest BCUT2D eigenvalue weighted by Crippen LogP contribution is -2.74. The highest BCUT2D eigenvalue weighted by Gasteiger charge is 2.62. The van der Waals surface area contributed by atoms with Crippen LogP contribution in [0.3, 0.4) is 0 Å². The molecule has 3 atom stereocenters. The van der Waals surface area contributed by atoms with Crippen LogP contribution >= 0.6 is 0 Å². The first-order valence-electron chi connectivity index (χ1n) is 7.55. The van der Waals surface area contributed by atoms with Crippen LogP contribution < -0.4 is 22.0 Å². The summed E-state index contributed by atoms with van der Waals surface area (Å²) in [6, 6.07) is -2.21. The van der Waals surface area contributed by atoms with Crippen molar-refractivity contribution in [2.75, 3.05) is 5.73 Å². The molecule has 8 nitrogen and oxygen atoms in total. The predicted octanol–water partition coefficient (Wildman–Crippen LogP) is -5.94. The zero-order chi connectivity index (χ0) is 21.6. The summed E-state index contributed by atoms with van der Waals surface area (Å²) in [5.74, 6) is -5.38. The van der Waals surface area contributed by atoms with Gasteiger partial charge in [-0.15, -0.1) is 0 Å². The van der Waals surface area contributed by atoms with E-state index >= 15 is 0 Å². The monoisotopic (exact) mass is 369 g/mol. The van der Waals surface area contributed by atoms with E-state index in [1.165, 1.54) is 0 Å². The van der Waals surface area contributed by atoms with E-state index in [1.54, 1.807) is 5.32 Å². The number of aliphatic hydroxyl groups is 2. The van der Waals surface area contributed by atoms with Gasteiger partial charge in [0.2, 0.25) is 11.8 Å². The van der Waals surface area contributed by atoms with Gasteiger partial charge in [-0.25, -0.2) is 4.39 Å². The Hall–Kier alpha value is -2.13. The molecule has 3 rings (SSSR count). The molecule has 5 N–H and O–H groups in total. The van der Waals surface area contributed by atoms with E-state index in [9.17, 15) is 29.0 Å². The molecule has 3 unspecified atom stereocenters. The van der Waals surface area contributed by atoms with E-state index in [4.69, 9.17) is 52.8 Å². The SMILES string of the molecule is [B]c1c(N)c2c(c([B])c1F)C(=O)N(C1C(=O)NC(=O)C([B])(O)C1([B])[B])C2([B])O. The lowest BCUT2D eigenvalue weighted by Gasteiger charge is -2.53. The van der Waals surface area contributed by atoms with Crippen LogP contribution in [-0.2, 0) is 15.2 Å². The van der Waals surface area contributed by atoms with Crippen LogP contribution in [-0.4, -0.2) is 91.5 Å². The summed E-state index contributed by atoms with van der Waals surface area (Å²) >= 11 is 0. The third-order valence-corrected chi connectivity index (χ3v) is 4.92. The van der Waals surface area contributed by atoms with Gasteiger partial charge < -0.3 is 20.8 Å². The zero-order valence-electron chi connectivity index (χ0n) is 14.1. The van der Waals surface area contributed by atoms with Crippen molar-refractivity contribution in [1.82, 2.24) is 10.2 Å². The molecule has 2 aliphatic rings. The molecule has 2 heterocycles. The molecular formula is C13H6B6FN3O5. The third kappa shape index (κ3) is 2.23. The largest absolute Gasteiger partial charge is 0.399 e. The van der Waals surface area contributed by atoms with Crippen LogP contribution in [0.4, 0.5) is 10.1 Å². The topological polar surface area (TPSA) is 133 Å². The van der Waals surface area contributed by atoms with Crippen LogP contribution in [0.15, 0.2) is 0 Å².